The van der Waals surface area contributed by atoms with E-state index in [2.05, 4.69) is 17.4 Å². The van der Waals surface area contributed by atoms with E-state index in [1.807, 2.05) is 46.2 Å². The van der Waals surface area contributed by atoms with E-state index in [1.54, 1.807) is 7.11 Å². The molecule has 2 heterocycles. The van der Waals surface area contributed by atoms with Crippen LogP contribution in [0, 0.1) is 0 Å². The Labute approximate surface area is 171 Å². The van der Waals surface area contributed by atoms with Crippen LogP contribution in [0.2, 0.25) is 0 Å². The maximum Gasteiger partial charge on any atom is 0.240 e. The molecular weight excluding hydrogens is 366 g/mol. The number of rotatable bonds is 5. The first-order chi connectivity index (χ1) is 14.1. The smallest absolute Gasteiger partial charge is 0.240 e. The van der Waals surface area contributed by atoms with Crippen LogP contribution in [0.3, 0.4) is 0 Å². The van der Waals surface area contributed by atoms with E-state index in [-0.39, 0.29) is 24.4 Å². The molecule has 2 aliphatic rings. The number of methoxy groups -OCH3 is 1. The van der Waals surface area contributed by atoms with Gasteiger partial charge in [0.1, 0.15) is 5.75 Å². The highest BCUT2D eigenvalue weighted by Gasteiger charge is 2.35. The van der Waals surface area contributed by atoms with Crippen molar-refractivity contribution in [3.8, 4) is 5.75 Å². The van der Waals surface area contributed by atoms with Crippen molar-refractivity contribution in [2.75, 3.05) is 32.1 Å². The predicted octanol–water partition coefficient (Wildman–Crippen LogP) is 2.68. The van der Waals surface area contributed by atoms with E-state index in [4.69, 9.17) is 4.74 Å². The monoisotopic (exact) mass is 393 g/mol. The first kappa shape index (κ1) is 19.5. The molecule has 2 aromatic carbocycles. The zero-order chi connectivity index (χ0) is 20.2. The molecule has 1 N–H and O–H groups in total. The zero-order valence-corrected chi connectivity index (χ0v) is 16.8. The van der Waals surface area contributed by atoms with Crippen LogP contribution >= 0.6 is 0 Å². The third-order valence-corrected chi connectivity index (χ3v) is 5.77. The molecule has 152 valence electrons. The SMILES string of the molecule is COc1ccc(NC(=O)CN2Cc3ccccc3CC2C(=O)N2CCCC2)cc1. The van der Waals surface area contributed by atoms with Crippen LogP contribution < -0.4 is 10.1 Å². The van der Waals surface area contributed by atoms with Gasteiger partial charge in [0.2, 0.25) is 11.8 Å². The van der Waals surface area contributed by atoms with Gasteiger partial charge in [0, 0.05) is 25.3 Å². The Balaban J connectivity index is 1.48. The summed E-state index contributed by atoms with van der Waals surface area (Å²) in [6.45, 7) is 2.44. The maximum absolute atomic E-state index is 13.2. The van der Waals surface area contributed by atoms with E-state index in [0.29, 0.717) is 13.0 Å². The van der Waals surface area contributed by atoms with Crippen molar-refractivity contribution in [1.29, 1.82) is 0 Å². The van der Waals surface area contributed by atoms with E-state index < -0.39 is 0 Å². The molecule has 0 bridgehead atoms. The fourth-order valence-corrected chi connectivity index (χ4v) is 4.19. The Morgan fingerprint density at radius 3 is 2.41 bits per heavy atom. The Morgan fingerprint density at radius 1 is 1.03 bits per heavy atom. The molecule has 0 radical (unpaired) electrons. The maximum atomic E-state index is 13.2. The van der Waals surface area contributed by atoms with Crippen LogP contribution in [-0.2, 0) is 22.6 Å². The summed E-state index contributed by atoms with van der Waals surface area (Å²) < 4.78 is 5.16. The van der Waals surface area contributed by atoms with Gasteiger partial charge < -0.3 is 15.0 Å². The summed E-state index contributed by atoms with van der Waals surface area (Å²) in [5.41, 5.74) is 3.11. The fourth-order valence-electron chi connectivity index (χ4n) is 4.19. The molecule has 1 fully saturated rings. The van der Waals surface area contributed by atoms with Crippen molar-refractivity contribution in [2.45, 2.75) is 31.8 Å². The molecular formula is C23H27N3O3. The zero-order valence-electron chi connectivity index (χ0n) is 16.8. The minimum Gasteiger partial charge on any atom is -0.497 e. The number of nitrogens with one attached hydrogen (secondary N) is 1. The number of likely N-dealkylation sites (tertiary alicyclic amines) is 1. The Morgan fingerprint density at radius 2 is 1.72 bits per heavy atom. The number of nitrogens with zero attached hydrogens (tertiary/aromatic N) is 2. The molecule has 2 amide bonds. The summed E-state index contributed by atoms with van der Waals surface area (Å²) >= 11 is 0. The molecule has 1 unspecified atom stereocenters. The lowest BCUT2D eigenvalue weighted by Crippen LogP contribution is -2.52. The van der Waals surface area contributed by atoms with Crippen molar-refractivity contribution >= 4 is 17.5 Å². The number of hydrogen-bond acceptors (Lipinski definition) is 4. The quantitative estimate of drug-likeness (QED) is 0.849. The second kappa shape index (κ2) is 8.66. The van der Waals surface area contributed by atoms with Gasteiger partial charge in [-0.3, -0.25) is 14.5 Å². The molecule has 0 aromatic heterocycles. The first-order valence-corrected chi connectivity index (χ1v) is 10.2. The molecule has 2 aliphatic heterocycles. The summed E-state index contributed by atoms with van der Waals surface area (Å²) in [4.78, 5) is 29.9. The fraction of sp³-hybridized carbons (Fsp3) is 0.391. The van der Waals surface area contributed by atoms with Gasteiger partial charge >= 0.3 is 0 Å². The van der Waals surface area contributed by atoms with Gasteiger partial charge in [-0.25, -0.2) is 0 Å². The minimum absolute atomic E-state index is 0.117. The number of anilines is 1. The van der Waals surface area contributed by atoms with Gasteiger partial charge in [0.05, 0.1) is 19.7 Å². The van der Waals surface area contributed by atoms with Crippen LogP contribution in [-0.4, -0.2) is 54.4 Å². The highest BCUT2D eigenvalue weighted by Crippen LogP contribution is 2.25. The Bertz CT molecular complexity index is 875. The lowest BCUT2D eigenvalue weighted by Gasteiger charge is -2.37. The minimum atomic E-state index is -0.287. The summed E-state index contributed by atoms with van der Waals surface area (Å²) in [5.74, 6) is 0.773. The third kappa shape index (κ3) is 4.43. The number of fused-ring (bicyclic) bond motifs is 1. The Kier molecular flexibility index (Phi) is 5.81. The van der Waals surface area contributed by atoms with Gasteiger partial charge in [-0.15, -0.1) is 0 Å². The average molecular weight is 393 g/mol. The molecule has 0 saturated carbocycles. The number of hydrogen-bond donors (Lipinski definition) is 1. The van der Waals surface area contributed by atoms with Crippen molar-refractivity contribution in [2.24, 2.45) is 0 Å². The lowest BCUT2D eigenvalue weighted by molar-refractivity contribution is -0.137. The summed E-state index contributed by atoms with van der Waals surface area (Å²) in [5, 5.41) is 2.93. The molecule has 4 rings (SSSR count). The van der Waals surface area contributed by atoms with Crippen LogP contribution in [0.15, 0.2) is 48.5 Å². The molecule has 1 saturated heterocycles. The van der Waals surface area contributed by atoms with Gasteiger partial charge in [0.25, 0.3) is 0 Å². The topological polar surface area (TPSA) is 61.9 Å². The first-order valence-electron chi connectivity index (χ1n) is 10.2. The number of carbonyl (C=O) groups excluding carboxylic acids is 2. The number of ether oxygens (including phenoxy) is 1. The van der Waals surface area contributed by atoms with Gasteiger partial charge in [0.15, 0.2) is 0 Å². The van der Waals surface area contributed by atoms with Crippen molar-refractivity contribution in [3.05, 3.63) is 59.7 Å². The third-order valence-electron chi connectivity index (χ3n) is 5.77. The van der Waals surface area contributed by atoms with Crippen LogP contribution in [0.25, 0.3) is 0 Å². The number of carbonyl (C=O) groups is 2. The molecule has 6 nitrogen and oxygen atoms in total. The van der Waals surface area contributed by atoms with Crippen LogP contribution in [0.4, 0.5) is 5.69 Å². The highest BCUT2D eigenvalue weighted by molar-refractivity contribution is 5.93. The largest absolute Gasteiger partial charge is 0.497 e. The molecule has 0 spiro atoms. The summed E-state index contributed by atoms with van der Waals surface area (Å²) in [7, 11) is 1.61. The van der Waals surface area contributed by atoms with Gasteiger partial charge in [-0.2, -0.15) is 0 Å². The second-order valence-corrected chi connectivity index (χ2v) is 7.70. The summed E-state index contributed by atoms with van der Waals surface area (Å²) in [6, 6.07) is 15.2. The molecule has 2 aromatic rings. The molecule has 6 heteroatoms. The normalized spacial score (nSPS) is 18.9. The van der Waals surface area contributed by atoms with E-state index in [9.17, 15) is 9.59 Å². The Hall–Kier alpha value is -2.86. The second-order valence-electron chi connectivity index (χ2n) is 7.70. The average Bonchev–Trinajstić information content (AvgIpc) is 3.28. The summed E-state index contributed by atoms with van der Waals surface area (Å²) in [6.07, 6.45) is 2.78. The van der Waals surface area contributed by atoms with Crippen molar-refractivity contribution < 1.29 is 14.3 Å². The van der Waals surface area contributed by atoms with Crippen LogP contribution in [0.5, 0.6) is 5.75 Å². The molecule has 1 atom stereocenters. The van der Waals surface area contributed by atoms with Gasteiger partial charge in [-0.05, 0) is 54.7 Å². The van der Waals surface area contributed by atoms with Crippen molar-refractivity contribution in [3.63, 3.8) is 0 Å². The lowest BCUT2D eigenvalue weighted by atomic mass is 9.93. The number of amides is 2. The van der Waals surface area contributed by atoms with Crippen LogP contribution in [0.1, 0.15) is 24.0 Å². The predicted molar refractivity (Wildman–Crippen MR) is 112 cm³/mol. The molecule has 0 aliphatic carbocycles. The number of benzene rings is 2. The van der Waals surface area contributed by atoms with Crippen molar-refractivity contribution in [1.82, 2.24) is 9.80 Å². The highest BCUT2D eigenvalue weighted by atomic mass is 16.5. The molecule has 29 heavy (non-hydrogen) atoms. The van der Waals surface area contributed by atoms with E-state index in [1.165, 1.54) is 11.1 Å². The van der Waals surface area contributed by atoms with E-state index in [0.717, 1.165) is 37.4 Å². The van der Waals surface area contributed by atoms with E-state index >= 15 is 0 Å². The standard InChI is InChI=1S/C23H27N3O3/c1-29-20-10-8-19(9-11-20)24-22(27)16-26-15-18-7-3-2-6-17(18)14-21(26)23(28)25-12-4-5-13-25/h2-3,6-11,21H,4-5,12-16H2,1H3,(H,24,27). The van der Waals surface area contributed by atoms with Gasteiger partial charge in [-0.1, -0.05) is 24.3 Å².